The highest BCUT2D eigenvalue weighted by Crippen LogP contribution is 2.40. The number of hydrogen-bond acceptors (Lipinski definition) is 6. The molecule has 2 aliphatic rings. The Kier molecular flexibility index (Phi) is 8.74. The third kappa shape index (κ3) is 7.92. The second-order valence-electron chi connectivity index (χ2n) is 10.6. The lowest BCUT2D eigenvalue weighted by Crippen LogP contribution is -2.49. The van der Waals surface area contributed by atoms with E-state index in [1.54, 1.807) is 38.2 Å². The molecule has 192 valence electrons. The minimum Gasteiger partial charge on any atom is -0.460 e. The standard InChI is InChI=1S/C26H37N3O5S/c1-19(30)27-21(6-8-23(32)34-25(2,3)4)24(33)29-15-12-26(18-29)10-13-28(14-11-26)22(31)7-5-20-9-16-35-17-20/h5,7,9,16-17,21H,6,8,10-15,18H2,1-4H3,(H,27,30)/b7-5+/t21-/m0/s1. The Morgan fingerprint density at radius 3 is 2.37 bits per heavy atom. The molecule has 0 bridgehead atoms. The lowest BCUT2D eigenvalue weighted by molar-refractivity contribution is -0.155. The first kappa shape index (κ1) is 26.9. The molecule has 1 aromatic rings. The number of thiophene rings is 1. The Bertz CT molecular complexity index is 943. The predicted molar refractivity (Wildman–Crippen MR) is 135 cm³/mol. The van der Waals surface area contributed by atoms with E-state index in [1.165, 1.54) is 6.92 Å². The summed E-state index contributed by atoms with van der Waals surface area (Å²) in [5, 5.41) is 6.70. The summed E-state index contributed by atoms with van der Waals surface area (Å²) in [6.07, 6.45) is 6.31. The highest BCUT2D eigenvalue weighted by atomic mass is 32.1. The van der Waals surface area contributed by atoms with E-state index < -0.39 is 11.6 Å². The van der Waals surface area contributed by atoms with Gasteiger partial charge in [-0.1, -0.05) is 0 Å². The van der Waals surface area contributed by atoms with Gasteiger partial charge in [-0.25, -0.2) is 0 Å². The molecule has 0 aliphatic carbocycles. The molecule has 1 aromatic heterocycles. The average Bonchev–Trinajstić information content (AvgIpc) is 3.44. The van der Waals surface area contributed by atoms with Crippen LogP contribution in [0.1, 0.15) is 65.4 Å². The summed E-state index contributed by atoms with van der Waals surface area (Å²) >= 11 is 1.60. The van der Waals surface area contributed by atoms with Gasteiger partial charge in [0.1, 0.15) is 11.6 Å². The summed E-state index contributed by atoms with van der Waals surface area (Å²) in [4.78, 5) is 53.4. The molecule has 2 saturated heterocycles. The maximum atomic E-state index is 13.3. The van der Waals surface area contributed by atoms with Crippen molar-refractivity contribution in [1.82, 2.24) is 15.1 Å². The van der Waals surface area contributed by atoms with Gasteiger partial charge in [0.25, 0.3) is 0 Å². The van der Waals surface area contributed by atoms with Gasteiger partial charge in [-0.2, -0.15) is 11.3 Å². The van der Waals surface area contributed by atoms with E-state index in [9.17, 15) is 19.2 Å². The number of ether oxygens (including phenoxy) is 1. The Labute approximate surface area is 211 Å². The van der Waals surface area contributed by atoms with Crippen LogP contribution in [0.2, 0.25) is 0 Å². The van der Waals surface area contributed by atoms with E-state index in [2.05, 4.69) is 5.32 Å². The molecule has 1 N–H and O–H groups in total. The van der Waals surface area contributed by atoms with Gasteiger partial charge >= 0.3 is 5.97 Å². The van der Waals surface area contributed by atoms with Gasteiger partial charge in [-0.15, -0.1) is 0 Å². The highest BCUT2D eigenvalue weighted by Gasteiger charge is 2.43. The van der Waals surface area contributed by atoms with Crippen molar-refractivity contribution in [2.45, 2.75) is 71.4 Å². The quantitative estimate of drug-likeness (QED) is 0.455. The Morgan fingerprint density at radius 2 is 1.80 bits per heavy atom. The summed E-state index contributed by atoms with van der Waals surface area (Å²) in [5.41, 5.74) is 0.430. The highest BCUT2D eigenvalue weighted by molar-refractivity contribution is 7.08. The molecule has 8 nitrogen and oxygen atoms in total. The van der Waals surface area contributed by atoms with Gasteiger partial charge in [-0.05, 0) is 80.3 Å². The SMILES string of the molecule is CC(=O)N[C@@H](CCC(=O)OC(C)(C)C)C(=O)N1CCC2(CCN(C(=O)/C=C/c3ccsc3)CC2)C1. The number of amides is 3. The van der Waals surface area contributed by atoms with Crippen molar-refractivity contribution in [3.05, 3.63) is 28.5 Å². The predicted octanol–water partition coefficient (Wildman–Crippen LogP) is 3.23. The normalized spacial score (nSPS) is 18.6. The molecular formula is C26H37N3O5S. The number of nitrogens with one attached hydrogen (secondary N) is 1. The van der Waals surface area contributed by atoms with Crippen molar-refractivity contribution in [2.24, 2.45) is 5.41 Å². The van der Waals surface area contributed by atoms with Crippen LogP contribution >= 0.6 is 11.3 Å². The van der Waals surface area contributed by atoms with Crippen LogP contribution in [0.3, 0.4) is 0 Å². The molecule has 3 rings (SSSR count). The lowest BCUT2D eigenvalue weighted by atomic mass is 9.77. The minimum atomic E-state index is -0.751. The number of likely N-dealkylation sites (tertiary alicyclic amines) is 2. The molecule has 0 unspecified atom stereocenters. The number of nitrogens with zero attached hydrogens (tertiary/aromatic N) is 2. The Morgan fingerprint density at radius 1 is 1.14 bits per heavy atom. The van der Waals surface area contributed by atoms with E-state index >= 15 is 0 Å². The molecule has 2 fully saturated rings. The van der Waals surface area contributed by atoms with E-state index in [0.717, 1.165) is 24.8 Å². The van der Waals surface area contributed by atoms with Gasteiger partial charge in [0, 0.05) is 45.6 Å². The molecule has 1 atom stereocenters. The van der Waals surface area contributed by atoms with Gasteiger partial charge in [-0.3, -0.25) is 19.2 Å². The fourth-order valence-electron chi connectivity index (χ4n) is 4.75. The molecule has 0 saturated carbocycles. The third-order valence-corrected chi connectivity index (χ3v) is 7.28. The molecule has 9 heteroatoms. The van der Waals surface area contributed by atoms with Crippen molar-refractivity contribution in [1.29, 1.82) is 0 Å². The molecular weight excluding hydrogens is 466 g/mol. The minimum absolute atomic E-state index is 0.00451. The van der Waals surface area contributed by atoms with Gasteiger partial charge in [0.05, 0.1) is 0 Å². The van der Waals surface area contributed by atoms with E-state index in [4.69, 9.17) is 4.74 Å². The van der Waals surface area contributed by atoms with Crippen LogP contribution in [0, 0.1) is 5.41 Å². The Hall–Kier alpha value is -2.68. The molecule has 3 heterocycles. The number of carbonyl (C=O) groups excluding carboxylic acids is 4. The van der Waals surface area contributed by atoms with Crippen LogP contribution in [0.4, 0.5) is 0 Å². The summed E-state index contributed by atoms with van der Waals surface area (Å²) < 4.78 is 5.34. The summed E-state index contributed by atoms with van der Waals surface area (Å²) in [6.45, 7) is 9.33. The van der Waals surface area contributed by atoms with Crippen molar-refractivity contribution < 1.29 is 23.9 Å². The van der Waals surface area contributed by atoms with E-state index in [0.29, 0.717) is 26.2 Å². The first-order valence-electron chi connectivity index (χ1n) is 12.2. The molecule has 0 radical (unpaired) electrons. The van der Waals surface area contributed by atoms with Crippen LogP contribution < -0.4 is 5.32 Å². The molecule has 2 aliphatic heterocycles. The maximum Gasteiger partial charge on any atom is 0.306 e. The summed E-state index contributed by atoms with van der Waals surface area (Å²) in [7, 11) is 0. The first-order chi connectivity index (χ1) is 16.5. The topological polar surface area (TPSA) is 96.0 Å². The van der Waals surface area contributed by atoms with E-state index in [-0.39, 0.29) is 41.9 Å². The summed E-state index contributed by atoms with van der Waals surface area (Å²) in [6, 6.07) is 1.23. The van der Waals surface area contributed by atoms with Crippen LogP contribution in [0.15, 0.2) is 22.9 Å². The monoisotopic (exact) mass is 503 g/mol. The van der Waals surface area contributed by atoms with Crippen molar-refractivity contribution in [3.63, 3.8) is 0 Å². The molecule has 35 heavy (non-hydrogen) atoms. The first-order valence-corrected chi connectivity index (χ1v) is 13.2. The van der Waals surface area contributed by atoms with Crippen molar-refractivity contribution in [3.8, 4) is 0 Å². The van der Waals surface area contributed by atoms with Gasteiger partial charge < -0.3 is 19.9 Å². The zero-order valence-corrected chi connectivity index (χ0v) is 22.0. The number of hydrogen-bond donors (Lipinski definition) is 1. The fraction of sp³-hybridized carbons (Fsp3) is 0.615. The largest absolute Gasteiger partial charge is 0.460 e. The number of piperidine rings is 1. The molecule has 3 amide bonds. The van der Waals surface area contributed by atoms with E-state index in [1.807, 2.05) is 32.7 Å². The zero-order chi connectivity index (χ0) is 25.6. The Balaban J connectivity index is 1.52. The average molecular weight is 504 g/mol. The van der Waals surface area contributed by atoms with Gasteiger partial charge in [0.15, 0.2) is 0 Å². The fourth-order valence-corrected chi connectivity index (χ4v) is 5.38. The van der Waals surface area contributed by atoms with Crippen LogP contribution in [-0.4, -0.2) is 71.3 Å². The molecule has 0 aromatic carbocycles. The zero-order valence-electron chi connectivity index (χ0n) is 21.2. The van der Waals surface area contributed by atoms with Gasteiger partial charge in [0.2, 0.25) is 17.7 Å². The summed E-state index contributed by atoms with van der Waals surface area (Å²) in [5.74, 6) is -0.824. The number of esters is 1. The van der Waals surface area contributed by atoms with Crippen molar-refractivity contribution in [2.75, 3.05) is 26.2 Å². The number of carbonyl (C=O) groups is 4. The smallest absolute Gasteiger partial charge is 0.306 e. The maximum absolute atomic E-state index is 13.3. The van der Waals surface area contributed by atoms with Crippen LogP contribution in [-0.2, 0) is 23.9 Å². The third-order valence-electron chi connectivity index (χ3n) is 6.58. The number of rotatable bonds is 7. The molecule has 1 spiro atoms. The second kappa shape index (κ2) is 11.4. The van der Waals surface area contributed by atoms with Crippen LogP contribution in [0.25, 0.3) is 6.08 Å². The second-order valence-corrected chi connectivity index (χ2v) is 11.4. The van der Waals surface area contributed by atoms with Crippen LogP contribution in [0.5, 0.6) is 0 Å². The lowest BCUT2D eigenvalue weighted by Gasteiger charge is -2.39. The van der Waals surface area contributed by atoms with Crippen molar-refractivity contribution >= 4 is 41.1 Å².